The molecule has 1 aromatic rings. The molecular formula is C20H26N2O6. The van der Waals surface area contributed by atoms with Crippen LogP contribution < -0.4 is 0 Å². The maximum absolute atomic E-state index is 12.2. The Morgan fingerprint density at radius 2 is 1.82 bits per heavy atom. The molecule has 0 aromatic heterocycles. The molecule has 8 nitrogen and oxygen atoms in total. The van der Waals surface area contributed by atoms with Crippen LogP contribution in [0.2, 0.25) is 0 Å². The Bertz CT molecular complexity index is 728. The van der Waals surface area contributed by atoms with Crippen LogP contribution in [0.15, 0.2) is 36.5 Å². The predicted molar refractivity (Wildman–Crippen MR) is 102 cm³/mol. The van der Waals surface area contributed by atoms with E-state index in [9.17, 15) is 19.7 Å². The fourth-order valence-corrected chi connectivity index (χ4v) is 2.77. The number of carbonyl (C=O) groups excluding carboxylic acids is 2. The van der Waals surface area contributed by atoms with Crippen LogP contribution in [0.25, 0.3) is 0 Å². The van der Waals surface area contributed by atoms with Gasteiger partial charge in [-0.25, -0.2) is 4.79 Å². The van der Waals surface area contributed by atoms with E-state index in [1.807, 2.05) is 25.7 Å². The van der Waals surface area contributed by atoms with E-state index < -0.39 is 16.5 Å². The summed E-state index contributed by atoms with van der Waals surface area (Å²) in [5, 5.41) is 10.6. The third-order valence-corrected chi connectivity index (χ3v) is 4.22. The Balaban J connectivity index is 1.74. The molecule has 8 heteroatoms. The van der Waals surface area contributed by atoms with Crippen molar-refractivity contribution in [2.45, 2.75) is 45.8 Å². The zero-order valence-electron chi connectivity index (χ0n) is 16.4. The lowest BCUT2D eigenvalue weighted by Crippen LogP contribution is -2.34. The first-order chi connectivity index (χ1) is 13.1. The topological polar surface area (TPSA) is 99.0 Å². The van der Waals surface area contributed by atoms with Gasteiger partial charge in [0.25, 0.3) is 5.69 Å². The van der Waals surface area contributed by atoms with E-state index >= 15 is 0 Å². The standard InChI is InChI=1S/C20H26N2O6/c1-20(2,3)28-18(23)10-13-21-11-8-16(9-12-21)19(24)27-14-15-4-6-17(7-5-15)22(25)26/h4-7,10,13,16H,8-9,11-12,14H2,1-3H3. The van der Waals surface area contributed by atoms with Crippen molar-refractivity contribution < 1.29 is 24.0 Å². The number of hydrogen-bond acceptors (Lipinski definition) is 7. The highest BCUT2D eigenvalue weighted by Crippen LogP contribution is 2.20. The average Bonchev–Trinajstić information content (AvgIpc) is 2.64. The van der Waals surface area contributed by atoms with E-state index in [0.717, 1.165) is 0 Å². The van der Waals surface area contributed by atoms with Crippen LogP contribution in [-0.2, 0) is 25.7 Å². The number of ether oxygens (including phenoxy) is 2. The molecular weight excluding hydrogens is 364 g/mol. The van der Waals surface area contributed by atoms with Gasteiger partial charge in [0, 0.05) is 37.5 Å². The van der Waals surface area contributed by atoms with Crippen molar-refractivity contribution in [3.8, 4) is 0 Å². The van der Waals surface area contributed by atoms with Crippen LogP contribution in [0.4, 0.5) is 5.69 Å². The third-order valence-electron chi connectivity index (χ3n) is 4.22. The molecule has 1 saturated heterocycles. The number of esters is 2. The number of carbonyl (C=O) groups is 2. The van der Waals surface area contributed by atoms with Crippen LogP contribution in [-0.4, -0.2) is 40.5 Å². The van der Waals surface area contributed by atoms with Crippen LogP contribution in [0.1, 0.15) is 39.2 Å². The first-order valence-corrected chi connectivity index (χ1v) is 9.19. The predicted octanol–water partition coefficient (Wildman–Crippen LogP) is 3.21. The van der Waals surface area contributed by atoms with Gasteiger partial charge in [-0.1, -0.05) is 0 Å². The van der Waals surface area contributed by atoms with Crippen LogP contribution in [0, 0.1) is 16.0 Å². The summed E-state index contributed by atoms with van der Waals surface area (Å²) in [4.78, 5) is 36.1. The van der Waals surface area contributed by atoms with Gasteiger partial charge in [-0.05, 0) is 51.3 Å². The summed E-state index contributed by atoms with van der Waals surface area (Å²) < 4.78 is 10.6. The summed E-state index contributed by atoms with van der Waals surface area (Å²) in [6.07, 6.45) is 4.38. The third kappa shape index (κ3) is 7.02. The molecule has 0 atom stereocenters. The van der Waals surface area contributed by atoms with Gasteiger partial charge in [0.05, 0.1) is 10.8 Å². The molecule has 1 heterocycles. The van der Waals surface area contributed by atoms with Crippen molar-refractivity contribution in [1.29, 1.82) is 0 Å². The quantitative estimate of drug-likeness (QED) is 0.318. The van der Waals surface area contributed by atoms with E-state index in [0.29, 0.717) is 31.5 Å². The van der Waals surface area contributed by atoms with Crippen molar-refractivity contribution in [3.63, 3.8) is 0 Å². The smallest absolute Gasteiger partial charge is 0.332 e. The number of non-ortho nitro benzene ring substituents is 1. The van der Waals surface area contributed by atoms with Crippen LogP contribution in [0.3, 0.4) is 0 Å². The van der Waals surface area contributed by atoms with Gasteiger partial charge in [-0.2, -0.15) is 0 Å². The Morgan fingerprint density at radius 3 is 2.36 bits per heavy atom. The molecule has 0 aliphatic carbocycles. The molecule has 0 bridgehead atoms. The second kappa shape index (κ2) is 9.34. The molecule has 0 unspecified atom stereocenters. The van der Waals surface area contributed by atoms with Crippen LogP contribution >= 0.6 is 0 Å². The Kier molecular flexibility index (Phi) is 7.14. The molecule has 0 radical (unpaired) electrons. The van der Waals surface area contributed by atoms with Gasteiger partial charge in [0.2, 0.25) is 0 Å². The van der Waals surface area contributed by atoms with E-state index in [4.69, 9.17) is 9.47 Å². The summed E-state index contributed by atoms with van der Waals surface area (Å²) in [7, 11) is 0. The molecule has 28 heavy (non-hydrogen) atoms. The fraction of sp³-hybridized carbons (Fsp3) is 0.500. The van der Waals surface area contributed by atoms with Gasteiger partial charge in [0.1, 0.15) is 12.2 Å². The Labute approximate surface area is 164 Å². The lowest BCUT2D eigenvalue weighted by Gasteiger charge is -2.29. The highest BCUT2D eigenvalue weighted by Gasteiger charge is 2.25. The summed E-state index contributed by atoms with van der Waals surface area (Å²) >= 11 is 0. The lowest BCUT2D eigenvalue weighted by atomic mass is 9.97. The van der Waals surface area contributed by atoms with Crippen molar-refractivity contribution in [2.75, 3.05) is 13.1 Å². The molecule has 0 spiro atoms. The maximum atomic E-state index is 12.2. The lowest BCUT2D eigenvalue weighted by molar-refractivity contribution is -0.384. The van der Waals surface area contributed by atoms with Crippen molar-refractivity contribution >= 4 is 17.6 Å². The molecule has 1 fully saturated rings. The average molecular weight is 390 g/mol. The van der Waals surface area contributed by atoms with E-state index in [2.05, 4.69) is 0 Å². The van der Waals surface area contributed by atoms with Crippen molar-refractivity contribution in [1.82, 2.24) is 4.90 Å². The maximum Gasteiger partial charge on any atom is 0.332 e. The monoisotopic (exact) mass is 390 g/mol. The molecule has 1 aromatic carbocycles. The Hall–Kier alpha value is -2.90. The second-order valence-corrected chi connectivity index (χ2v) is 7.69. The number of nitrogens with zero attached hydrogens (tertiary/aromatic N) is 2. The van der Waals surface area contributed by atoms with E-state index in [-0.39, 0.29) is 24.2 Å². The number of benzene rings is 1. The summed E-state index contributed by atoms with van der Waals surface area (Å²) in [6.45, 7) is 6.83. The first kappa shape index (κ1) is 21.4. The molecule has 0 amide bonds. The molecule has 0 N–H and O–H groups in total. The SMILES string of the molecule is CC(C)(C)OC(=O)C=CN1CCC(C(=O)OCc2ccc([N+](=O)[O-])cc2)CC1. The van der Waals surface area contributed by atoms with Gasteiger partial charge in [0.15, 0.2) is 0 Å². The van der Waals surface area contributed by atoms with E-state index in [1.54, 1.807) is 18.3 Å². The number of hydrogen-bond donors (Lipinski definition) is 0. The highest BCUT2D eigenvalue weighted by atomic mass is 16.6. The molecule has 2 rings (SSSR count). The number of piperidine rings is 1. The van der Waals surface area contributed by atoms with Gasteiger partial charge in [-0.15, -0.1) is 0 Å². The number of nitro groups is 1. The Morgan fingerprint density at radius 1 is 1.21 bits per heavy atom. The minimum atomic E-state index is -0.526. The van der Waals surface area contributed by atoms with Gasteiger partial charge >= 0.3 is 11.9 Å². The first-order valence-electron chi connectivity index (χ1n) is 9.19. The fourth-order valence-electron chi connectivity index (χ4n) is 2.77. The zero-order chi connectivity index (χ0) is 20.7. The number of rotatable bonds is 6. The summed E-state index contributed by atoms with van der Waals surface area (Å²) in [6, 6.07) is 5.93. The van der Waals surface area contributed by atoms with Gasteiger partial charge < -0.3 is 14.4 Å². The second-order valence-electron chi connectivity index (χ2n) is 7.69. The van der Waals surface area contributed by atoms with Crippen LogP contribution in [0.5, 0.6) is 0 Å². The molecule has 0 saturated carbocycles. The minimum Gasteiger partial charge on any atom is -0.461 e. The summed E-state index contributed by atoms with van der Waals surface area (Å²) in [5.41, 5.74) is 0.181. The highest BCUT2D eigenvalue weighted by molar-refractivity contribution is 5.82. The molecule has 1 aliphatic heterocycles. The largest absolute Gasteiger partial charge is 0.461 e. The van der Waals surface area contributed by atoms with Crippen molar-refractivity contribution in [2.24, 2.45) is 5.92 Å². The molecule has 152 valence electrons. The van der Waals surface area contributed by atoms with E-state index in [1.165, 1.54) is 18.2 Å². The normalized spacial score (nSPS) is 15.5. The van der Waals surface area contributed by atoms with Gasteiger partial charge in [-0.3, -0.25) is 14.9 Å². The number of likely N-dealkylation sites (tertiary alicyclic amines) is 1. The molecule has 1 aliphatic rings. The zero-order valence-corrected chi connectivity index (χ0v) is 16.4. The minimum absolute atomic E-state index is 0.00175. The number of nitro benzene ring substituents is 1. The summed E-state index contributed by atoms with van der Waals surface area (Å²) in [5.74, 6) is -0.851. The van der Waals surface area contributed by atoms with Crippen molar-refractivity contribution in [3.05, 3.63) is 52.2 Å².